The molecule has 1 heterocycles. The fraction of sp³-hybridized carbons (Fsp3) is 0.538. The number of nitrogens with zero attached hydrogens (tertiary/aromatic N) is 1. The molecule has 0 aliphatic carbocycles. The molecule has 0 spiro atoms. The van der Waals surface area contributed by atoms with E-state index in [1.165, 1.54) is 18.5 Å². The summed E-state index contributed by atoms with van der Waals surface area (Å²) in [7, 11) is 0. The van der Waals surface area contributed by atoms with Crippen molar-refractivity contribution in [3.05, 3.63) is 28.2 Å². The number of aliphatic hydroxyl groups excluding tert-OH is 1. The minimum Gasteiger partial charge on any atom is -0.392 e. The highest BCUT2D eigenvalue weighted by Gasteiger charge is 2.20. The number of piperidine rings is 1. The molecule has 1 fully saturated rings. The van der Waals surface area contributed by atoms with Crippen molar-refractivity contribution in [1.82, 2.24) is 0 Å². The molecule has 2 rings (SSSR count). The summed E-state index contributed by atoms with van der Waals surface area (Å²) in [6.07, 6.45) is 4.67. The zero-order chi connectivity index (χ0) is 12.3. The molecule has 94 valence electrons. The van der Waals surface area contributed by atoms with E-state index in [-0.39, 0.29) is 6.61 Å². The second-order valence-corrected chi connectivity index (χ2v) is 6.41. The number of hydrogen-bond donors (Lipinski definition) is 1. The Labute approximate surface area is 116 Å². The van der Waals surface area contributed by atoms with Gasteiger partial charge in [0, 0.05) is 34.1 Å². The Balaban J connectivity index is 2.12. The maximum atomic E-state index is 9.42. The fourth-order valence-corrected chi connectivity index (χ4v) is 3.41. The van der Waals surface area contributed by atoms with Crippen molar-refractivity contribution in [3.8, 4) is 0 Å². The number of benzene rings is 1. The van der Waals surface area contributed by atoms with Gasteiger partial charge in [-0.2, -0.15) is 11.8 Å². The van der Waals surface area contributed by atoms with Crippen LogP contribution in [0.2, 0.25) is 0 Å². The molecule has 0 amide bonds. The summed E-state index contributed by atoms with van der Waals surface area (Å²) in [6.45, 7) is 2.30. The summed E-state index contributed by atoms with van der Waals surface area (Å²) >= 11 is 5.42. The van der Waals surface area contributed by atoms with Crippen molar-refractivity contribution in [2.75, 3.05) is 24.2 Å². The van der Waals surface area contributed by atoms with Crippen molar-refractivity contribution in [2.45, 2.75) is 24.7 Å². The predicted molar refractivity (Wildman–Crippen MR) is 78.8 cm³/mol. The Morgan fingerprint density at radius 2 is 2.12 bits per heavy atom. The third-order valence-electron chi connectivity index (χ3n) is 3.33. The lowest BCUT2D eigenvalue weighted by Gasteiger charge is -2.34. The lowest BCUT2D eigenvalue weighted by atomic mass is 10.1. The lowest BCUT2D eigenvalue weighted by molar-refractivity contribution is 0.282. The van der Waals surface area contributed by atoms with Crippen LogP contribution in [0.25, 0.3) is 0 Å². The van der Waals surface area contributed by atoms with Crippen LogP contribution in [0.1, 0.15) is 18.4 Å². The zero-order valence-corrected chi connectivity index (χ0v) is 12.4. The molecule has 4 heteroatoms. The second-order valence-electron chi connectivity index (χ2n) is 4.35. The van der Waals surface area contributed by atoms with Gasteiger partial charge in [0.15, 0.2) is 0 Å². The van der Waals surface area contributed by atoms with E-state index < -0.39 is 0 Å². The van der Waals surface area contributed by atoms with Gasteiger partial charge in [-0.05, 0) is 37.3 Å². The van der Waals surface area contributed by atoms with Gasteiger partial charge in [0.1, 0.15) is 0 Å². The van der Waals surface area contributed by atoms with Gasteiger partial charge >= 0.3 is 0 Å². The highest BCUT2D eigenvalue weighted by Crippen LogP contribution is 2.29. The van der Waals surface area contributed by atoms with Gasteiger partial charge in [-0.3, -0.25) is 0 Å². The van der Waals surface area contributed by atoms with E-state index in [2.05, 4.69) is 39.2 Å². The van der Waals surface area contributed by atoms with E-state index in [0.29, 0.717) is 0 Å². The predicted octanol–water partition coefficient (Wildman–Crippen LogP) is 3.27. The number of hydrogen-bond acceptors (Lipinski definition) is 3. The highest BCUT2D eigenvalue weighted by atomic mass is 79.9. The Morgan fingerprint density at radius 3 is 2.71 bits per heavy atom. The molecule has 0 bridgehead atoms. The van der Waals surface area contributed by atoms with E-state index in [1.807, 2.05) is 17.8 Å². The maximum absolute atomic E-state index is 9.42. The molecule has 1 aromatic carbocycles. The molecule has 0 aromatic heterocycles. The molecule has 1 aliphatic rings. The van der Waals surface area contributed by atoms with E-state index in [0.717, 1.165) is 28.4 Å². The lowest BCUT2D eigenvalue weighted by Crippen LogP contribution is -2.35. The topological polar surface area (TPSA) is 23.5 Å². The molecule has 1 aromatic rings. The van der Waals surface area contributed by atoms with Crippen LogP contribution in [0, 0.1) is 0 Å². The standard InChI is InChI=1S/C13H18BrNOS/c1-17-12-4-6-15(7-5-12)13-3-2-11(14)8-10(13)9-16/h2-3,8,12,16H,4-7,9H2,1H3. The zero-order valence-electron chi connectivity index (χ0n) is 10.0. The number of anilines is 1. The first-order valence-electron chi connectivity index (χ1n) is 5.91. The normalized spacial score (nSPS) is 17.5. The van der Waals surface area contributed by atoms with Crippen LogP contribution < -0.4 is 4.90 Å². The molecular formula is C13H18BrNOS. The van der Waals surface area contributed by atoms with E-state index in [4.69, 9.17) is 0 Å². The van der Waals surface area contributed by atoms with Crippen molar-refractivity contribution in [2.24, 2.45) is 0 Å². The van der Waals surface area contributed by atoms with E-state index in [1.54, 1.807) is 0 Å². The summed E-state index contributed by atoms with van der Waals surface area (Å²) in [5, 5.41) is 10.2. The summed E-state index contributed by atoms with van der Waals surface area (Å²) in [6, 6.07) is 6.17. The number of halogens is 1. The van der Waals surface area contributed by atoms with Gasteiger partial charge in [-0.15, -0.1) is 0 Å². The third-order valence-corrected chi connectivity index (χ3v) is 4.96. The molecule has 0 atom stereocenters. The molecule has 0 radical (unpaired) electrons. The van der Waals surface area contributed by atoms with Gasteiger partial charge in [0.25, 0.3) is 0 Å². The van der Waals surface area contributed by atoms with Crippen LogP contribution in [0.3, 0.4) is 0 Å². The van der Waals surface area contributed by atoms with Crippen LogP contribution in [0.5, 0.6) is 0 Å². The van der Waals surface area contributed by atoms with Crippen molar-refractivity contribution in [3.63, 3.8) is 0 Å². The van der Waals surface area contributed by atoms with E-state index in [9.17, 15) is 5.11 Å². The van der Waals surface area contributed by atoms with Crippen molar-refractivity contribution in [1.29, 1.82) is 0 Å². The van der Waals surface area contributed by atoms with Gasteiger partial charge in [-0.1, -0.05) is 15.9 Å². The Bertz CT molecular complexity index is 378. The summed E-state index contributed by atoms with van der Waals surface area (Å²) in [5.41, 5.74) is 2.21. The third kappa shape index (κ3) is 3.18. The molecular weight excluding hydrogens is 298 g/mol. The van der Waals surface area contributed by atoms with Crippen molar-refractivity contribution >= 4 is 33.4 Å². The fourth-order valence-electron chi connectivity index (χ4n) is 2.32. The molecule has 0 unspecified atom stereocenters. The monoisotopic (exact) mass is 315 g/mol. The van der Waals surface area contributed by atoms with Crippen LogP contribution in [0.15, 0.2) is 22.7 Å². The smallest absolute Gasteiger partial charge is 0.0702 e. The number of aliphatic hydroxyl groups is 1. The summed E-state index contributed by atoms with van der Waals surface area (Å²) in [5.74, 6) is 0. The first-order valence-corrected chi connectivity index (χ1v) is 7.99. The van der Waals surface area contributed by atoms with Gasteiger partial charge in [-0.25, -0.2) is 0 Å². The largest absolute Gasteiger partial charge is 0.392 e. The number of thioether (sulfide) groups is 1. The van der Waals surface area contributed by atoms with Crippen molar-refractivity contribution < 1.29 is 5.11 Å². The van der Waals surface area contributed by atoms with Crippen LogP contribution in [0.4, 0.5) is 5.69 Å². The molecule has 0 saturated carbocycles. The van der Waals surface area contributed by atoms with Crippen LogP contribution >= 0.6 is 27.7 Å². The summed E-state index contributed by atoms with van der Waals surface area (Å²) in [4.78, 5) is 2.39. The highest BCUT2D eigenvalue weighted by molar-refractivity contribution is 9.10. The Morgan fingerprint density at radius 1 is 1.41 bits per heavy atom. The maximum Gasteiger partial charge on any atom is 0.0702 e. The van der Waals surface area contributed by atoms with Gasteiger partial charge in [0.2, 0.25) is 0 Å². The SMILES string of the molecule is CSC1CCN(c2ccc(Br)cc2CO)CC1. The first-order chi connectivity index (χ1) is 8.24. The second kappa shape index (κ2) is 6.12. The number of rotatable bonds is 3. The van der Waals surface area contributed by atoms with Gasteiger partial charge < -0.3 is 10.0 Å². The average Bonchev–Trinajstić information content (AvgIpc) is 2.39. The first kappa shape index (κ1) is 13.2. The molecule has 1 N–H and O–H groups in total. The van der Waals surface area contributed by atoms with Crippen LogP contribution in [-0.2, 0) is 6.61 Å². The van der Waals surface area contributed by atoms with Gasteiger partial charge in [0.05, 0.1) is 6.61 Å². The minimum absolute atomic E-state index is 0.108. The van der Waals surface area contributed by atoms with Crippen LogP contribution in [-0.4, -0.2) is 29.7 Å². The summed E-state index contributed by atoms with van der Waals surface area (Å²) < 4.78 is 1.03. The average molecular weight is 316 g/mol. The molecule has 17 heavy (non-hydrogen) atoms. The molecule has 2 nitrogen and oxygen atoms in total. The minimum atomic E-state index is 0.108. The molecule has 1 saturated heterocycles. The Hall–Kier alpha value is -0.190. The quantitative estimate of drug-likeness (QED) is 0.926. The molecule has 1 aliphatic heterocycles. The van der Waals surface area contributed by atoms with E-state index >= 15 is 0 Å². The Kier molecular flexibility index (Phi) is 4.77.